The average Bonchev–Trinajstić information content (AvgIpc) is 3.28. The highest BCUT2D eigenvalue weighted by Crippen LogP contribution is 2.29. The van der Waals surface area contributed by atoms with E-state index in [2.05, 4.69) is 41.6 Å². The van der Waals surface area contributed by atoms with E-state index in [1.807, 2.05) is 37.3 Å². The van der Waals surface area contributed by atoms with Gasteiger partial charge in [0, 0.05) is 16.3 Å². The molecule has 0 saturated heterocycles. The molecule has 0 spiro atoms. The van der Waals surface area contributed by atoms with Crippen LogP contribution in [0.15, 0.2) is 65.1 Å². The highest BCUT2D eigenvalue weighted by Gasteiger charge is 2.12. The number of hydrogen-bond acceptors (Lipinski definition) is 5. The zero-order valence-corrected chi connectivity index (χ0v) is 21.3. The maximum atomic E-state index is 12.2. The second kappa shape index (κ2) is 10.9. The lowest BCUT2D eigenvalue weighted by Crippen LogP contribution is -2.37. The molecule has 0 unspecified atom stereocenters. The summed E-state index contributed by atoms with van der Waals surface area (Å²) in [6.45, 7) is 6.06. The number of fused-ring (bicyclic) bond motifs is 1. The second-order valence-electron chi connectivity index (χ2n) is 8.34. The maximum absolute atomic E-state index is 12.2. The Labute approximate surface area is 214 Å². The molecule has 0 bridgehead atoms. The monoisotopic (exact) mass is 507 g/mol. The molecule has 4 aromatic rings. The molecular weight excluding hydrogens is 482 g/mol. The van der Waals surface area contributed by atoms with Crippen molar-refractivity contribution in [2.75, 3.05) is 11.9 Å². The molecule has 4 rings (SSSR count). The van der Waals surface area contributed by atoms with Crippen molar-refractivity contribution < 1.29 is 13.9 Å². The Hall–Kier alpha value is -3.42. The van der Waals surface area contributed by atoms with Crippen molar-refractivity contribution in [3.05, 3.63) is 76.8 Å². The number of carbonyl (C=O) groups excluding carboxylic acids is 1. The molecule has 1 amide bonds. The number of hydrogen-bond donors (Lipinski definition) is 2. The summed E-state index contributed by atoms with van der Waals surface area (Å²) in [5.74, 6) is 1.17. The van der Waals surface area contributed by atoms with Crippen LogP contribution in [-0.2, 0) is 4.79 Å². The third-order valence-corrected chi connectivity index (χ3v) is 6.34. The standard InChI is InChI=1S/C27H26ClN3O3S/c1-4-16(2)18-8-11-24-23(14-18)30-26(34-24)19-6-5-7-20(13-19)29-27(35)31-25(32)15-33-21-9-10-22(28)17(3)12-21/h5-14,16H,4,15H2,1-3H3,(H2,29,31,32,35)/t16-/m0/s1. The molecule has 2 N–H and O–H groups in total. The summed E-state index contributed by atoms with van der Waals surface area (Å²) < 4.78 is 11.5. The quantitative estimate of drug-likeness (QED) is 0.266. The minimum Gasteiger partial charge on any atom is -0.484 e. The van der Waals surface area contributed by atoms with Crippen LogP contribution in [0.5, 0.6) is 5.75 Å². The molecule has 8 heteroatoms. The van der Waals surface area contributed by atoms with Gasteiger partial charge in [-0.15, -0.1) is 0 Å². The summed E-state index contributed by atoms with van der Waals surface area (Å²) in [7, 11) is 0. The number of nitrogens with zero attached hydrogens (tertiary/aromatic N) is 1. The van der Waals surface area contributed by atoms with E-state index in [1.54, 1.807) is 18.2 Å². The van der Waals surface area contributed by atoms with E-state index in [1.165, 1.54) is 5.56 Å². The van der Waals surface area contributed by atoms with Gasteiger partial charge in [-0.2, -0.15) is 0 Å². The van der Waals surface area contributed by atoms with Crippen LogP contribution >= 0.6 is 23.8 Å². The molecule has 35 heavy (non-hydrogen) atoms. The summed E-state index contributed by atoms with van der Waals surface area (Å²) in [5.41, 5.74) is 5.18. The molecule has 0 fully saturated rings. The summed E-state index contributed by atoms with van der Waals surface area (Å²) in [6.07, 6.45) is 1.06. The Morgan fingerprint density at radius 2 is 2.00 bits per heavy atom. The number of anilines is 1. The fourth-order valence-electron chi connectivity index (χ4n) is 3.52. The number of oxazole rings is 1. The van der Waals surface area contributed by atoms with Gasteiger partial charge in [-0.1, -0.05) is 37.6 Å². The van der Waals surface area contributed by atoms with Crippen LogP contribution in [0.3, 0.4) is 0 Å². The first-order chi connectivity index (χ1) is 16.8. The van der Waals surface area contributed by atoms with Gasteiger partial charge in [0.2, 0.25) is 5.89 Å². The van der Waals surface area contributed by atoms with Gasteiger partial charge in [-0.25, -0.2) is 4.98 Å². The predicted octanol–water partition coefficient (Wildman–Crippen LogP) is 6.86. The van der Waals surface area contributed by atoms with Crippen LogP contribution in [0, 0.1) is 6.92 Å². The number of ether oxygens (including phenoxy) is 1. The zero-order valence-electron chi connectivity index (χ0n) is 19.7. The van der Waals surface area contributed by atoms with E-state index in [0.29, 0.717) is 28.3 Å². The van der Waals surface area contributed by atoms with Crippen LogP contribution in [0.1, 0.15) is 37.3 Å². The van der Waals surface area contributed by atoms with Crippen molar-refractivity contribution in [2.45, 2.75) is 33.1 Å². The number of amides is 1. The Morgan fingerprint density at radius 1 is 1.17 bits per heavy atom. The molecule has 0 aliphatic rings. The number of rotatable bonds is 7. The zero-order chi connectivity index (χ0) is 24.9. The summed E-state index contributed by atoms with van der Waals surface area (Å²) in [4.78, 5) is 16.9. The molecule has 1 atom stereocenters. The third kappa shape index (κ3) is 6.18. The largest absolute Gasteiger partial charge is 0.484 e. The minimum absolute atomic E-state index is 0.166. The lowest BCUT2D eigenvalue weighted by atomic mass is 9.98. The normalized spacial score (nSPS) is 11.8. The van der Waals surface area contributed by atoms with Crippen molar-refractivity contribution in [1.82, 2.24) is 10.3 Å². The van der Waals surface area contributed by atoms with Crippen LogP contribution in [0.2, 0.25) is 5.02 Å². The SMILES string of the molecule is CC[C@H](C)c1ccc2oc(-c3cccc(NC(=S)NC(=O)COc4ccc(Cl)c(C)c4)c3)nc2c1. The van der Waals surface area contributed by atoms with Gasteiger partial charge in [0.15, 0.2) is 17.3 Å². The van der Waals surface area contributed by atoms with Crippen molar-refractivity contribution in [1.29, 1.82) is 0 Å². The summed E-state index contributed by atoms with van der Waals surface area (Å²) in [5, 5.41) is 6.45. The smallest absolute Gasteiger partial charge is 0.264 e. The lowest BCUT2D eigenvalue weighted by Gasteiger charge is -2.11. The molecule has 1 aromatic heterocycles. The molecule has 1 heterocycles. The van der Waals surface area contributed by atoms with Crippen LogP contribution in [-0.4, -0.2) is 22.6 Å². The topological polar surface area (TPSA) is 76.4 Å². The van der Waals surface area contributed by atoms with Crippen molar-refractivity contribution in [3.63, 3.8) is 0 Å². The number of aromatic nitrogens is 1. The number of carbonyl (C=O) groups is 1. The molecule has 3 aromatic carbocycles. The Morgan fingerprint density at radius 3 is 2.77 bits per heavy atom. The molecule has 0 aliphatic carbocycles. The first-order valence-corrected chi connectivity index (χ1v) is 12.1. The van der Waals surface area contributed by atoms with Crippen LogP contribution in [0.4, 0.5) is 5.69 Å². The van der Waals surface area contributed by atoms with E-state index in [-0.39, 0.29) is 17.6 Å². The number of nitrogens with one attached hydrogen (secondary N) is 2. The van der Waals surface area contributed by atoms with E-state index in [9.17, 15) is 4.79 Å². The minimum atomic E-state index is -0.373. The van der Waals surface area contributed by atoms with Gasteiger partial charge in [-0.05, 0) is 91.1 Å². The van der Waals surface area contributed by atoms with Crippen molar-refractivity contribution in [3.8, 4) is 17.2 Å². The molecule has 0 saturated carbocycles. The highest BCUT2D eigenvalue weighted by atomic mass is 35.5. The van der Waals surface area contributed by atoms with Crippen LogP contribution < -0.4 is 15.4 Å². The van der Waals surface area contributed by atoms with Gasteiger partial charge < -0.3 is 14.5 Å². The number of thiocarbonyl (C=S) groups is 1. The number of aryl methyl sites for hydroxylation is 1. The van der Waals surface area contributed by atoms with Crippen molar-refractivity contribution >= 4 is 51.6 Å². The fourth-order valence-corrected chi connectivity index (χ4v) is 3.87. The maximum Gasteiger partial charge on any atom is 0.264 e. The Bertz CT molecular complexity index is 1390. The lowest BCUT2D eigenvalue weighted by molar-refractivity contribution is -0.121. The van der Waals surface area contributed by atoms with Crippen LogP contribution in [0.25, 0.3) is 22.6 Å². The fraction of sp³-hybridized carbons (Fsp3) is 0.222. The van der Waals surface area contributed by atoms with Gasteiger partial charge in [-0.3, -0.25) is 10.1 Å². The van der Waals surface area contributed by atoms with E-state index in [4.69, 9.17) is 33.0 Å². The first-order valence-electron chi connectivity index (χ1n) is 11.3. The molecule has 6 nitrogen and oxygen atoms in total. The highest BCUT2D eigenvalue weighted by molar-refractivity contribution is 7.80. The van der Waals surface area contributed by atoms with E-state index >= 15 is 0 Å². The number of halogens is 1. The second-order valence-corrected chi connectivity index (χ2v) is 9.15. The predicted molar refractivity (Wildman–Crippen MR) is 144 cm³/mol. The third-order valence-electron chi connectivity index (χ3n) is 5.71. The molecular formula is C27H26ClN3O3S. The Kier molecular flexibility index (Phi) is 7.68. The van der Waals surface area contributed by atoms with E-state index < -0.39 is 0 Å². The average molecular weight is 508 g/mol. The molecule has 180 valence electrons. The van der Waals surface area contributed by atoms with Gasteiger partial charge in [0.25, 0.3) is 5.91 Å². The Balaban J connectivity index is 1.38. The summed E-state index contributed by atoms with van der Waals surface area (Å²) >= 11 is 11.3. The van der Waals surface area contributed by atoms with Gasteiger partial charge in [0.05, 0.1) is 0 Å². The van der Waals surface area contributed by atoms with E-state index in [0.717, 1.165) is 28.6 Å². The van der Waals surface area contributed by atoms with Gasteiger partial charge >= 0.3 is 0 Å². The van der Waals surface area contributed by atoms with Crippen molar-refractivity contribution in [2.24, 2.45) is 0 Å². The molecule has 0 radical (unpaired) electrons. The summed E-state index contributed by atoms with van der Waals surface area (Å²) in [6, 6.07) is 18.8. The molecule has 0 aliphatic heterocycles. The first kappa shape index (κ1) is 24.7. The van der Waals surface area contributed by atoms with Gasteiger partial charge in [0.1, 0.15) is 11.3 Å². The number of benzene rings is 3.